The maximum Gasteiger partial charge on any atom is 0.164 e. The third-order valence-electron chi connectivity index (χ3n) is 12.9. The van der Waals surface area contributed by atoms with E-state index >= 15 is 0 Å². The number of nitrogens with zero attached hydrogens (tertiary/aromatic N) is 3. The van der Waals surface area contributed by atoms with E-state index in [0.29, 0.717) is 17.5 Å². The Labute approximate surface area is 371 Å². The molecule has 0 bridgehead atoms. The zero-order valence-electron chi connectivity index (χ0n) is 35.0. The molecule has 1 unspecified atom stereocenters. The molecule has 2 aliphatic rings. The SMILES string of the molecule is C=C/C=C\C1=C(C)C2(c3ccccc3O1)c1ccccc1-c1ccc(-c3nc(-c4ccccc4)nc(-c4cccc5oc6ccc(-c7ccc(-c8ccccc8)cc7)cc6c45)n3)cc12. The average molecular weight is 822 g/mol. The van der Waals surface area contributed by atoms with Gasteiger partial charge >= 0.3 is 0 Å². The highest BCUT2D eigenvalue weighted by molar-refractivity contribution is 6.12. The fourth-order valence-electron chi connectivity index (χ4n) is 9.89. The topological polar surface area (TPSA) is 61.0 Å². The number of rotatable bonds is 7. The van der Waals surface area contributed by atoms with Crippen LogP contribution in [-0.2, 0) is 5.41 Å². The Morgan fingerprint density at radius 1 is 0.469 bits per heavy atom. The van der Waals surface area contributed by atoms with E-state index in [9.17, 15) is 0 Å². The molecule has 0 amide bonds. The lowest BCUT2D eigenvalue weighted by Crippen LogP contribution is -2.33. The molecule has 1 atom stereocenters. The smallest absolute Gasteiger partial charge is 0.164 e. The second-order valence-corrected chi connectivity index (χ2v) is 16.3. The number of aromatic nitrogens is 3. The number of hydrogen-bond acceptors (Lipinski definition) is 5. The van der Waals surface area contributed by atoms with Crippen LogP contribution in [0.25, 0.3) is 89.5 Å². The summed E-state index contributed by atoms with van der Waals surface area (Å²) in [6.45, 7) is 6.13. The Bertz CT molecular complexity index is 3550. The third-order valence-corrected chi connectivity index (χ3v) is 12.9. The Kier molecular flexibility index (Phi) is 8.70. The molecule has 12 rings (SSSR count). The molecule has 64 heavy (non-hydrogen) atoms. The summed E-state index contributed by atoms with van der Waals surface area (Å²) >= 11 is 0. The second kappa shape index (κ2) is 14.9. The number of benzene rings is 8. The van der Waals surface area contributed by atoms with Gasteiger partial charge in [0.25, 0.3) is 0 Å². The fourth-order valence-corrected chi connectivity index (χ4v) is 9.89. The number of para-hydroxylation sites is 1. The van der Waals surface area contributed by atoms with E-state index in [0.717, 1.165) is 78.0 Å². The van der Waals surface area contributed by atoms with Gasteiger partial charge in [0.15, 0.2) is 17.5 Å². The van der Waals surface area contributed by atoms with Gasteiger partial charge in [-0.05, 0) is 93.4 Å². The van der Waals surface area contributed by atoms with Crippen LogP contribution < -0.4 is 4.74 Å². The summed E-state index contributed by atoms with van der Waals surface area (Å²) in [6, 6.07) is 65.7. The summed E-state index contributed by atoms with van der Waals surface area (Å²) in [5.41, 5.74) is 15.1. The van der Waals surface area contributed by atoms with E-state index in [2.05, 4.69) is 147 Å². The highest BCUT2D eigenvalue weighted by Gasteiger charge is 2.50. The molecule has 1 aliphatic carbocycles. The molecule has 3 heterocycles. The van der Waals surface area contributed by atoms with Crippen LogP contribution in [0.15, 0.2) is 229 Å². The summed E-state index contributed by atoms with van der Waals surface area (Å²) in [5, 5.41) is 1.96. The van der Waals surface area contributed by atoms with Gasteiger partial charge in [0.2, 0.25) is 0 Å². The molecule has 1 spiro atoms. The van der Waals surface area contributed by atoms with Gasteiger partial charge in [-0.3, -0.25) is 0 Å². The van der Waals surface area contributed by atoms with Crippen LogP contribution in [0.4, 0.5) is 0 Å². The maximum absolute atomic E-state index is 6.62. The molecule has 8 aromatic carbocycles. The standard InChI is InChI=1S/C59H39N3O2/c1-3-4-24-51-37(2)59(49-23-13-14-25-53(49)63-51)48-22-12-11-20-44(48)45-33-31-43(36-50(45)59)57-60-56(41-18-9-6-10-19-41)61-58(62-57)46-21-15-26-54-55(46)47-35-42(32-34-52(47)64-54)40-29-27-39(28-30-40)38-16-7-5-8-17-38/h3-36H,1H2,2H3/b24-4-. The van der Waals surface area contributed by atoms with E-state index in [1.165, 1.54) is 27.8 Å². The molecule has 0 saturated heterocycles. The molecule has 1 aliphatic heterocycles. The predicted octanol–water partition coefficient (Wildman–Crippen LogP) is 14.8. The first kappa shape index (κ1) is 37.4. The van der Waals surface area contributed by atoms with Crippen LogP contribution in [0.1, 0.15) is 23.6 Å². The minimum absolute atomic E-state index is 0.567. The Hall–Kier alpha value is -8.41. The molecular formula is C59H39N3O2. The summed E-state index contributed by atoms with van der Waals surface area (Å²) in [4.78, 5) is 15.8. The van der Waals surface area contributed by atoms with Gasteiger partial charge in [0.1, 0.15) is 22.7 Å². The Morgan fingerprint density at radius 2 is 1.06 bits per heavy atom. The molecule has 5 nitrogen and oxygen atoms in total. The van der Waals surface area contributed by atoms with Crippen molar-refractivity contribution in [2.45, 2.75) is 12.3 Å². The second-order valence-electron chi connectivity index (χ2n) is 16.3. The van der Waals surface area contributed by atoms with Crippen molar-refractivity contribution in [1.82, 2.24) is 15.0 Å². The summed E-state index contributed by atoms with van der Waals surface area (Å²) in [6.07, 6.45) is 5.73. The van der Waals surface area contributed by atoms with Gasteiger partial charge in [-0.15, -0.1) is 0 Å². The van der Waals surface area contributed by atoms with E-state index < -0.39 is 5.41 Å². The third kappa shape index (κ3) is 5.82. The minimum atomic E-state index is -0.628. The van der Waals surface area contributed by atoms with Crippen molar-refractivity contribution in [3.8, 4) is 73.3 Å². The lowest BCUT2D eigenvalue weighted by molar-refractivity contribution is 0.399. The van der Waals surface area contributed by atoms with Crippen molar-refractivity contribution >= 4 is 21.9 Å². The quantitative estimate of drug-likeness (QED) is 0.150. The first-order valence-corrected chi connectivity index (χ1v) is 21.5. The van der Waals surface area contributed by atoms with E-state index in [-0.39, 0.29) is 0 Å². The van der Waals surface area contributed by atoms with Crippen molar-refractivity contribution in [1.29, 1.82) is 0 Å². The van der Waals surface area contributed by atoms with Crippen LogP contribution in [0.3, 0.4) is 0 Å². The maximum atomic E-state index is 6.62. The van der Waals surface area contributed by atoms with Gasteiger partial charge < -0.3 is 9.15 Å². The van der Waals surface area contributed by atoms with Gasteiger partial charge in [-0.25, -0.2) is 15.0 Å². The Balaban J connectivity index is 1.05. The molecule has 0 fully saturated rings. The molecule has 0 radical (unpaired) electrons. The van der Waals surface area contributed by atoms with E-state index in [1.54, 1.807) is 6.08 Å². The van der Waals surface area contributed by atoms with E-state index in [4.69, 9.17) is 24.1 Å². The van der Waals surface area contributed by atoms with Crippen molar-refractivity contribution in [2.75, 3.05) is 0 Å². The van der Waals surface area contributed by atoms with Crippen molar-refractivity contribution in [2.24, 2.45) is 0 Å². The number of allylic oxidation sites excluding steroid dienone is 4. The average Bonchev–Trinajstić information content (AvgIpc) is 3.88. The van der Waals surface area contributed by atoms with Gasteiger partial charge in [0.05, 0.1) is 5.41 Å². The van der Waals surface area contributed by atoms with Crippen molar-refractivity contribution in [3.05, 3.63) is 241 Å². The van der Waals surface area contributed by atoms with Crippen LogP contribution in [0.2, 0.25) is 0 Å². The summed E-state index contributed by atoms with van der Waals surface area (Å²) in [7, 11) is 0. The summed E-state index contributed by atoms with van der Waals surface area (Å²) < 4.78 is 13.2. The number of furan rings is 1. The molecule has 0 saturated carbocycles. The largest absolute Gasteiger partial charge is 0.457 e. The van der Waals surface area contributed by atoms with Crippen LogP contribution in [0, 0.1) is 0 Å². The number of ether oxygens (including phenoxy) is 1. The number of fused-ring (bicyclic) bond motifs is 10. The van der Waals surface area contributed by atoms with Crippen molar-refractivity contribution < 1.29 is 9.15 Å². The normalized spacial score (nSPS) is 15.1. The minimum Gasteiger partial charge on any atom is -0.457 e. The lowest BCUT2D eigenvalue weighted by atomic mass is 9.66. The Morgan fingerprint density at radius 3 is 1.84 bits per heavy atom. The molecule has 10 aromatic rings. The van der Waals surface area contributed by atoms with Crippen LogP contribution >= 0.6 is 0 Å². The predicted molar refractivity (Wildman–Crippen MR) is 259 cm³/mol. The van der Waals surface area contributed by atoms with Gasteiger partial charge in [0, 0.05) is 33.0 Å². The summed E-state index contributed by atoms with van der Waals surface area (Å²) in [5.74, 6) is 3.36. The monoisotopic (exact) mass is 821 g/mol. The van der Waals surface area contributed by atoms with Gasteiger partial charge in [-0.1, -0.05) is 176 Å². The zero-order chi connectivity index (χ0) is 42.8. The lowest BCUT2D eigenvalue weighted by Gasteiger charge is -2.39. The van der Waals surface area contributed by atoms with Crippen molar-refractivity contribution in [3.63, 3.8) is 0 Å². The highest BCUT2D eigenvalue weighted by atomic mass is 16.5. The van der Waals surface area contributed by atoms with E-state index in [1.807, 2.05) is 66.7 Å². The molecule has 5 heteroatoms. The van der Waals surface area contributed by atoms with Gasteiger partial charge in [-0.2, -0.15) is 0 Å². The van der Waals surface area contributed by atoms with Crippen LogP contribution in [0.5, 0.6) is 5.75 Å². The molecule has 0 N–H and O–H groups in total. The highest BCUT2D eigenvalue weighted by Crippen LogP contribution is 2.60. The first-order valence-electron chi connectivity index (χ1n) is 21.5. The molecule has 302 valence electrons. The molecule has 2 aromatic heterocycles. The zero-order valence-corrected chi connectivity index (χ0v) is 35.0. The fraction of sp³-hybridized carbons (Fsp3) is 0.0339. The van der Waals surface area contributed by atoms with Crippen LogP contribution in [-0.4, -0.2) is 15.0 Å². The molecular weight excluding hydrogens is 783 g/mol. The first-order chi connectivity index (χ1) is 31.6. The number of hydrogen-bond donors (Lipinski definition) is 0.